The summed E-state index contributed by atoms with van der Waals surface area (Å²) in [7, 11) is 0. The van der Waals surface area contributed by atoms with E-state index in [-0.39, 0.29) is 28.4 Å². The molecule has 8 heteroatoms. The van der Waals surface area contributed by atoms with Crippen LogP contribution in [0.3, 0.4) is 0 Å². The zero-order valence-electron chi connectivity index (χ0n) is 17.1. The second-order valence-corrected chi connectivity index (χ2v) is 8.89. The Bertz CT molecular complexity index is 1150. The van der Waals surface area contributed by atoms with Gasteiger partial charge in [0.2, 0.25) is 0 Å². The third kappa shape index (κ3) is 3.71. The standard InChI is InChI=1S/C23H21ClN4O3/c1-23(2)10-16-20(17(29)11-23)19(13-5-7-14(24)8-6-13)15(12-25)21(26)28(16)27-22(30)18-4-3-9-31-18/h3-9,19H,10-11,26H2,1-2H3,(H,27,30). The van der Waals surface area contributed by atoms with E-state index in [2.05, 4.69) is 11.5 Å². The Labute approximate surface area is 184 Å². The number of carbonyl (C=O) groups is 2. The van der Waals surface area contributed by atoms with Gasteiger partial charge >= 0.3 is 5.91 Å². The molecule has 2 heterocycles. The fourth-order valence-electron chi connectivity index (χ4n) is 4.19. The van der Waals surface area contributed by atoms with Crippen LogP contribution in [0.1, 0.15) is 48.7 Å². The minimum atomic E-state index is -0.627. The van der Waals surface area contributed by atoms with Crippen LogP contribution in [-0.4, -0.2) is 16.7 Å². The maximum Gasteiger partial charge on any atom is 0.305 e. The third-order valence-corrected chi connectivity index (χ3v) is 5.79. The van der Waals surface area contributed by atoms with E-state index in [0.29, 0.717) is 29.1 Å². The Hall–Kier alpha value is -3.50. The van der Waals surface area contributed by atoms with Crippen LogP contribution in [0.25, 0.3) is 0 Å². The normalized spacial score (nSPS) is 20.4. The lowest BCUT2D eigenvalue weighted by atomic mass is 9.69. The highest BCUT2D eigenvalue weighted by atomic mass is 35.5. The first-order valence-corrected chi connectivity index (χ1v) is 10.2. The fraction of sp³-hybridized carbons (Fsp3) is 0.261. The second-order valence-electron chi connectivity index (χ2n) is 8.45. The number of hydrogen-bond donors (Lipinski definition) is 2. The number of Topliss-reactive ketones (excluding diaryl/α,β-unsaturated/α-hetero) is 1. The molecule has 1 aromatic carbocycles. The molecule has 31 heavy (non-hydrogen) atoms. The van der Waals surface area contributed by atoms with Gasteiger partial charge in [-0.15, -0.1) is 0 Å². The molecular weight excluding hydrogens is 416 g/mol. The average molecular weight is 437 g/mol. The van der Waals surface area contributed by atoms with Crippen molar-refractivity contribution in [2.75, 3.05) is 0 Å². The molecule has 1 amide bonds. The van der Waals surface area contributed by atoms with Crippen LogP contribution in [0.15, 0.2) is 69.7 Å². The van der Waals surface area contributed by atoms with Gasteiger partial charge in [-0.25, -0.2) is 5.01 Å². The van der Waals surface area contributed by atoms with Crippen LogP contribution in [0.4, 0.5) is 0 Å². The first kappa shape index (κ1) is 20.8. The molecule has 1 aromatic heterocycles. The molecule has 3 N–H and O–H groups in total. The van der Waals surface area contributed by atoms with Crippen molar-refractivity contribution in [2.24, 2.45) is 11.1 Å². The Morgan fingerprint density at radius 1 is 1.29 bits per heavy atom. The predicted molar refractivity (Wildman–Crippen MR) is 114 cm³/mol. The van der Waals surface area contributed by atoms with E-state index in [9.17, 15) is 14.9 Å². The topological polar surface area (TPSA) is 112 Å². The SMILES string of the molecule is CC1(C)CC(=O)C2=C(C1)N(NC(=O)c1ccco1)C(N)=C(C#N)C2c1ccc(Cl)cc1. The van der Waals surface area contributed by atoms with Gasteiger partial charge in [-0.3, -0.25) is 15.0 Å². The summed E-state index contributed by atoms with van der Waals surface area (Å²) in [5, 5.41) is 11.9. The number of allylic oxidation sites excluding steroid dienone is 3. The van der Waals surface area contributed by atoms with E-state index >= 15 is 0 Å². The summed E-state index contributed by atoms with van der Waals surface area (Å²) in [4.78, 5) is 26.0. The number of benzene rings is 1. The number of amides is 1. The molecule has 158 valence electrons. The molecular formula is C23H21ClN4O3. The van der Waals surface area contributed by atoms with Crippen LogP contribution in [0.2, 0.25) is 5.02 Å². The number of halogens is 1. The third-order valence-electron chi connectivity index (χ3n) is 5.54. The summed E-state index contributed by atoms with van der Waals surface area (Å²) in [6.07, 6.45) is 2.21. The number of carbonyl (C=O) groups excluding carboxylic acids is 2. The Morgan fingerprint density at radius 2 is 2.00 bits per heavy atom. The molecule has 7 nitrogen and oxygen atoms in total. The van der Waals surface area contributed by atoms with Crippen molar-refractivity contribution >= 4 is 23.3 Å². The number of nitrogens with one attached hydrogen (secondary N) is 1. The van der Waals surface area contributed by atoms with Gasteiger partial charge in [-0.05, 0) is 41.7 Å². The predicted octanol–water partition coefficient (Wildman–Crippen LogP) is 4.01. The Morgan fingerprint density at radius 3 is 2.61 bits per heavy atom. The summed E-state index contributed by atoms with van der Waals surface area (Å²) >= 11 is 6.04. The van der Waals surface area contributed by atoms with Gasteiger partial charge in [-0.1, -0.05) is 37.6 Å². The smallest absolute Gasteiger partial charge is 0.305 e. The number of rotatable bonds is 3. The van der Waals surface area contributed by atoms with Gasteiger partial charge in [0.25, 0.3) is 0 Å². The Balaban J connectivity index is 1.87. The molecule has 0 saturated heterocycles. The van der Waals surface area contributed by atoms with Crippen LogP contribution < -0.4 is 11.2 Å². The monoisotopic (exact) mass is 436 g/mol. The van der Waals surface area contributed by atoms with Crippen molar-refractivity contribution in [1.82, 2.24) is 10.4 Å². The average Bonchev–Trinajstić information content (AvgIpc) is 3.24. The van der Waals surface area contributed by atoms with Gasteiger partial charge in [0.05, 0.1) is 29.5 Å². The maximum absolute atomic E-state index is 13.3. The van der Waals surface area contributed by atoms with Crippen LogP contribution in [0, 0.1) is 16.7 Å². The molecule has 2 aromatic rings. The maximum atomic E-state index is 13.3. The summed E-state index contributed by atoms with van der Waals surface area (Å²) in [5.74, 6) is -1.07. The van der Waals surface area contributed by atoms with Crippen molar-refractivity contribution in [3.05, 3.63) is 81.7 Å². The van der Waals surface area contributed by atoms with Gasteiger partial charge in [0.15, 0.2) is 11.5 Å². The quantitative estimate of drug-likeness (QED) is 0.751. The van der Waals surface area contributed by atoms with E-state index in [1.807, 2.05) is 13.8 Å². The van der Waals surface area contributed by atoms with Crippen LogP contribution in [-0.2, 0) is 4.79 Å². The highest BCUT2D eigenvalue weighted by molar-refractivity contribution is 6.30. The molecule has 4 rings (SSSR count). The summed E-state index contributed by atoms with van der Waals surface area (Å²) in [5.41, 5.74) is 10.7. The molecule has 0 saturated carbocycles. The number of nitriles is 1. The molecule has 1 atom stereocenters. The first-order chi connectivity index (χ1) is 14.7. The number of hydrogen-bond acceptors (Lipinski definition) is 6. The molecule has 0 bridgehead atoms. The number of ketones is 1. The summed E-state index contributed by atoms with van der Waals surface area (Å²) in [6.45, 7) is 3.97. The van der Waals surface area contributed by atoms with Gasteiger partial charge < -0.3 is 10.2 Å². The lowest BCUT2D eigenvalue weighted by molar-refractivity contribution is -0.118. The highest BCUT2D eigenvalue weighted by Gasteiger charge is 2.45. The zero-order chi connectivity index (χ0) is 22.3. The van der Waals surface area contributed by atoms with Gasteiger partial charge in [0, 0.05) is 17.0 Å². The van der Waals surface area contributed by atoms with Gasteiger partial charge in [0.1, 0.15) is 5.82 Å². The molecule has 1 aliphatic heterocycles. The minimum Gasteiger partial charge on any atom is -0.459 e. The van der Waals surface area contributed by atoms with Crippen molar-refractivity contribution in [1.29, 1.82) is 5.26 Å². The number of nitrogens with two attached hydrogens (primary N) is 1. The van der Waals surface area contributed by atoms with Crippen LogP contribution >= 0.6 is 11.6 Å². The lowest BCUT2D eigenvalue weighted by Gasteiger charge is -2.43. The summed E-state index contributed by atoms with van der Waals surface area (Å²) in [6, 6.07) is 12.3. The van der Waals surface area contributed by atoms with Crippen molar-refractivity contribution in [3.63, 3.8) is 0 Å². The Kier molecular flexibility index (Phi) is 5.11. The highest BCUT2D eigenvalue weighted by Crippen LogP contribution is 2.48. The minimum absolute atomic E-state index is 0.0756. The lowest BCUT2D eigenvalue weighted by Crippen LogP contribution is -2.49. The molecule has 0 fully saturated rings. The van der Waals surface area contributed by atoms with Crippen molar-refractivity contribution in [2.45, 2.75) is 32.6 Å². The van der Waals surface area contributed by atoms with Crippen LogP contribution in [0.5, 0.6) is 0 Å². The zero-order valence-corrected chi connectivity index (χ0v) is 17.9. The van der Waals surface area contributed by atoms with E-state index in [0.717, 1.165) is 5.56 Å². The van der Waals surface area contributed by atoms with Crippen molar-refractivity contribution in [3.8, 4) is 6.07 Å². The van der Waals surface area contributed by atoms with Crippen molar-refractivity contribution < 1.29 is 14.0 Å². The number of furan rings is 1. The van der Waals surface area contributed by atoms with E-state index in [1.165, 1.54) is 17.3 Å². The first-order valence-electron chi connectivity index (χ1n) is 9.78. The molecule has 0 spiro atoms. The van der Waals surface area contributed by atoms with E-state index < -0.39 is 11.8 Å². The summed E-state index contributed by atoms with van der Waals surface area (Å²) < 4.78 is 5.17. The molecule has 1 aliphatic carbocycles. The van der Waals surface area contributed by atoms with Gasteiger partial charge in [-0.2, -0.15) is 5.26 Å². The second kappa shape index (κ2) is 7.64. The van der Waals surface area contributed by atoms with E-state index in [1.54, 1.807) is 30.3 Å². The number of nitrogens with zero attached hydrogens (tertiary/aromatic N) is 2. The van der Waals surface area contributed by atoms with E-state index in [4.69, 9.17) is 21.8 Å². The number of hydrazine groups is 1. The molecule has 2 aliphatic rings. The fourth-order valence-corrected chi connectivity index (χ4v) is 4.32. The molecule has 1 unspecified atom stereocenters. The molecule has 0 radical (unpaired) electrons. The largest absolute Gasteiger partial charge is 0.459 e.